The highest BCUT2D eigenvalue weighted by molar-refractivity contribution is 9.10. The third-order valence-corrected chi connectivity index (χ3v) is 5.06. The van der Waals surface area contributed by atoms with E-state index in [4.69, 9.17) is 5.73 Å². The molecule has 0 aromatic heterocycles. The van der Waals surface area contributed by atoms with Crippen LogP contribution in [0.3, 0.4) is 0 Å². The predicted octanol–water partition coefficient (Wildman–Crippen LogP) is 3.31. The van der Waals surface area contributed by atoms with Crippen molar-refractivity contribution in [1.29, 1.82) is 0 Å². The molecule has 2 N–H and O–H groups in total. The number of nitrogens with zero attached hydrogens (tertiary/aromatic N) is 2. The standard InChI is InChI=1S/C15H22BrN3O2/c1-2-18(14-5-3-4-12(14)9-17)10-11-6-7-13(16)15(8-11)19(20)21/h6-8,12,14H,2-5,9-10,17H2,1H3. The Morgan fingerprint density at radius 1 is 1.48 bits per heavy atom. The van der Waals surface area contributed by atoms with E-state index < -0.39 is 0 Å². The van der Waals surface area contributed by atoms with Crippen LogP contribution in [0.2, 0.25) is 0 Å². The molecule has 6 heteroatoms. The SMILES string of the molecule is CCN(Cc1ccc(Br)c([N+](=O)[O-])c1)C1CCCC1CN. The van der Waals surface area contributed by atoms with E-state index >= 15 is 0 Å². The molecule has 0 spiro atoms. The molecule has 0 radical (unpaired) electrons. The van der Waals surface area contributed by atoms with Gasteiger partial charge in [0.2, 0.25) is 0 Å². The molecule has 1 aliphatic carbocycles. The van der Waals surface area contributed by atoms with Crippen LogP contribution in [0.1, 0.15) is 31.7 Å². The third kappa shape index (κ3) is 3.81. The van der Waals surface area contributed by atoms with Gasteiger partial charge in [0, 0.05) is 18.7 Å². The van der Waals surface area contributed by atoms with Crippen LogP contribution in [0.5, 0.6) is 0 Å². The molecule has 1 fully saturated rings. The predicted molar refractivity (Wildman–Crippen MR) is 87.1 cm³/mol. The first-order chi connectivity index (χ1) is 10.1. The van der Waals surface area contributed by atoms with Gasteiger partial charge in [0.1, 0.15) is 0 Å². The Labute approximate surface area is 133 Å². The number of halogens is 1. The van der Waals surface area contributed by atoms with E-state index in [1.54, 1.807) is 12.1 Å². The molecule has 0 saturated heterocycles. The van der Waals surface area contributed by atoms with Crippen LogP contribution in [-0.4, -0.2) is 29.0 Å². The van der Waals surface area contributed by atoms with Gasteiger partial charge in [-0.25, -0.2) is 0 Å². The number of nitro benzene ring substituents is 1. The Balaban J connectivity index is 2.15. The number of benzene rings is 1. The van der Waals surface area contributed by atoms with Crippen LogP contribution in [0.15, 0.2) is 22.7 Å². The minimum atomic E-state index is -0.345. The smallest absolute Gasteiger partial charge is 0.283 e. The lowest BCUT2D eigenvalue weighted by Gasteiger charge is -2.31. The van der Waals surface area contributed by atoms with E-state index in [9.17, 15) is 10.1 Å². The molecule has 2 unspecified atom stereocenters. The Bertz CT molecular complexity index is 510. The van der Waals surface area contributed by atoms with Crippen LogP contribution in [0.25, 0.3) is 0 Å². The maximum absolute atomic E-state index is 11.0. The second-order valence-corrected chi connectivity index (χ2v) is 6.45. The fourth-order valence-electron chi connectivity index (χ4n) is 3.27. The Kier molecular flexibility index (Phi) is 5.72. The molecule has 1 aromatic carbocycles. The van der Waals surface area contributed by atoms with E-state index in [1.807, 2.05) is 6.07 Å². The van der Waals surface area contributed by atoms with Crippen LogP contribution in [0.4, 0.5) is 5.69 Å². The second-order valence-electron chi connectivity index (χ2n) is 5.60. The molecule has 1 aromatic rings. The van der Waals surface area contributed by atoms with E-state index in [-0.39, 0.29) is 10.6 Å². The summed E-state index contributed by atoms with van der Waals surface area (Å²) >= 11 is 3.23. The van der Waals surface area contributed by atoms with Gasteiger partial charge in [0.15, 0.2) is 0 Å². The van der Waals surface area contributed by atoms with Gasteiger partial charge in [-0.15, -0.1) is 0 Å². The Morgan fingerprint density at radius 2 is 2.24 bits per heavy atom. The van der Waals surface area contributed by atoms with Crippen molar-refractivity contribution in [3.63, 3.8) is 0 Å². The van der Waals surface area contributed by atoms with Gasteiger partial charge in [-0.3, -0.25) is 15.0 Å². The number of hydrogen-bond acceptors (Lipinski definition) is 4. The van der Waals surface area contributed by atoms with Gasteiger partial charge in [-0.05, 0) is 59.4 Å². The lowest BCUT2D eigenvalue weighted by molar-refractivity contribution is -0.385. The molecule has 1 saturated carbocycles. The van der Waals surface area contributed by atoms with Crippen LogP contribution in [0, 0.1) is 16.0 Å². The van der Waals surface area contributed by atoms with Gasteiger partial charge < -0.3 is 5.73 Å². The normalized spacial score (nSPS) is 21.9. The average Bonchev–Trinajstić information content (AvgIpc) is 2.94. The zero-order chi connectivity index (χ0) is 15.4. The van der Waals surface area contributed by atoms with E-state index in [2.05, 4.69) is 27.8 Å². The number of nitrogens with two attached hydrogens (primary N) is 1. The molecule has 1 aliphatic rings. The minimum absolute atomic E-state index is 0.130. The zero-order valence-electron chi connectivity index (χ0n) is 12.3. The molecule has 0 amide bonds. The second kappa shape index (κ2) is 7.33. The van der Waals surface area contributed by atoms with Crippen LogP contribution < -0.4 is 5.73 Å². The summed E-state index contributed by atoms with van der Waals surface area (Å²) in [5.74, 6) is 0.551. The molecule has 0 aliphatic heterocycles. The molecule has 0 bridgehead atoms. The fourth-order valence-corrected chi connectivity index (χ4v) is 3.66. The van der Waals surface area contributed by atoms with Gasteiger partial charge in [0.25, 0.3) is 5.69 Å². The highest BCUT2D eigenvalue weighted by atomic mass is 79.9. The topological polar surface area (TPSA) is 72.4 Å². The molecular formula is C15H22BrN3O2. The first-order valence-electron chi connectivity index (χ1n) is 7.43. The van der Waals surface area contributed by atoms with E-state index in [0.29, 0.717) is 16.4 Å². The summed E-state index contributed by atoms with van der Waals surface area (Å²) < 4.78 is 0.528. The van der Waals surface area contributed by atoms with Crippen molar-refractivity contribution >= 4 is 21.6 Å². The summed E-state index contributed by atoms with van der Waals surface area (Å²) in [4.78, 5) is 13.1. The van der Waals surface area contributed by atoms with Gasteiger partial charge in [-0.1, -0.05) is 19.4 Å². The van der Waals surface area contributed by atoms with Gasteiger partial charge in [-0.2, -0.15) is 0 Å². The van der Waals surface area contributed by atoms with Crippen molar-refractivity contribution < 1.29 is 4.92 Å². The number of rotatable bonds is 6. The van der Waals surface area contributed by atoms with Crippen molar-refractivity contribution in [2.45, 2.75) is 38.8 Å². The van der Waals surface area contributed by atoms with Crippen molar-refractivity contribution in [2.24, 2.45) is 11.7 Å². The van der Waals surface area contributed by atoms with Crippen molar-refractivity contribution in [3.8, 4) is 0 Å². The molecule has 2 rings (SSSR count). The molecule has 0 heterocycles. The average molecular weight is 356 g/mol. The first kappa shape index (κ1) is 16.4. The molecule has 116 valence electrons. The van der Waals surface area contributed by atoms with Crippen molar-refractivity contribution in [1.82, 2.24) is 4.90 Å². The number of hydrogen-bond donors (Lipinski definition) is 1. The third-order valence-electron chi connectivity index (χ3n) is 4.39. The molecular weight excluding hydrogens is 334 g/mol. The van der Waals surface area contributed by atoms with Crippen LogP contribution in [-0.2, 0) is 6.54 Å². The highest BCUT2D eigenvalue weighted by Crippen LogP contribution is 2.31. The van der Waals surface area contributed by atoms with Gasteiger partial charge >= 0.3 is 0 Å². The fraction of sp³-hybridized carbons (Fsp3) is 0.600. The maximum Gasteiger partial charge on any atom is 0.283 e. The van der Waals surface area contributed by atoms with Gasteiger partial charge in [0.05, 0.1) is 9.40 Å². The molecule has 21 heavy (non-hydrogen) atoms. The lowest BCUT2D eigenvalue weighted by atomic mass is 10.0. The molecule has 2 atom stereocenters. The summed E-state index contributed by atoms with van der Waals surface area (Å²) in [6.45, 7) is 4.54. The van der Waals surface area contributed by atoms with Crippen LogP contribution >= 0.6 is 15.9 Å². The monoisotopic (exact) mass is 355 g/mol. The summed E-state index contributed by atoms with van der Waals surface area (Å²) in [5.41, 5.74) is 6.98. The largest absolute Gasteiger partial charge is 0.330 e. The lowest BCUT2D eigenvalue weighted by Crippen LogP contribution is -2.39. The summed E-state index contributed by atoms with van der Waals surface area (Å²) in [7, 11) is 0. The van der Waals surface area contributed by atoms with Crippen molar-refractivity contribution in [3.05, 3.63) is 38.3 Å². The maximum atomic E-state index is 11.0. The Hall–Kier alpha value is -0.980. The first-order valence-corrected chi connectivity index (χ1v) is 8.23. The summed E-state index contributed by atoms with van der Waals surface area (Å²) in [5, 5.41) is 11.0. The quantitative estimate of drug-likeness (QED) is 0.627. The summed E-state index contributed by atoms with van der Waals surface area (Å²) in [6.07, 6.45) is 3.59. The van der Waals surface area contributed by atoms with E-state index in [0.717, 1.165) is 25.2 Å². The Morgan fingerprint density at radius 3 is 2.86 bits per heavy atom. The van der Waals surface area contributed by atoms with E-state index in [1.165, 1.54) is 19.3 Å². The molecule has 5 nitrogen and oxygen atoms in total. The summed E-state index contributed by atoms with van der Waals surface area (Å²) in [6, 6.07) is 5.88. The minimum Gasteiger partial charge on any atom is -0.330 e. The zero-order valence-corrected chi connectivity index (χ0v) is 13.9. The van der Waals surface area contributed by atoms with Crippen molar-refractivity contribution in [2.75, 3.05) is 13.1 Å². The number of nitro groups is 1. The highest BCUT2D eigenvalue weighted by Gasteiger charge is 2.30.